The summed E-state index contributed by atoms with van der Waals surface area (Å²) >= 11 is 0. The molecule has 7 heteroatoms. The van der Waals surface area contributed by atoms with E-state index in [4.69, 9.17) is 11.1 Å². The number of aliphatic imine (C=N–C) groups is 1. The number of anilines is 2. The number of nitrogens with one attached hydrogen (secondary N) is 1. The van der Waals surface area contributed by atoms with Crippen LogP contribution < -0.4 is 10.6 Å². The summed E-state index contributed by atoms with van der Waals surface area (Å²) in [6.45, 7) is 6.39. The first kappa shape index (κ1) is 18.2. The van der Waals surface area contributed by atoms with E-state index in [1.54, 1.807) is 12.4 Å². The van der Waals surface area contributed by atoms with Gasteiger partial charge in [-0.2, -0.15) is 0 Å². The van der Waals surface area contributed by atoms with Gasteiger partial charge in [-0.05, 0) is 19.1 Å². The molecule has 144 valence electrons. The third-order valence-electron chi connectivity index (χ3n) is 5.14. The van der Waals surface area contributed by atoms with Gasteiger partial charge in [-0.15, -0.1) is 0 Å². The van der Waals surface area contributed by atoms with E-state index in [2.05, 4.69) is 49.0 Å². The molecule has 1 aromatic carbocycles. The van der Waals surface area contributed by atoms with Crippen LogP contribution in [0.25, 0.3) is 11.1 Å². The molecule has 0 radical (unpaired) electrons. The average molecular weight is 375 g/mol. The molecule has 0 unspecified atom stereocenters. The quantitative estimate of drug-likeness (QED) is 0.784. The Morgan fingerprint density at radius 1 is 1.07 bits per heavy atom. The zero-order chi connectivity index (χ0) is 19.5. The monoisotopic (exact) mass is 375 g/mol. The summed E-state index contributed by atoms with van der Waals surface area (Å²) in [5.41, 5.74) is 11.9. The number of nitrogens with two attached hydrogens (primary N) is 1. The first-order valence-electron chi connectivity index (χ1n) is 9.55. The summed E-state index contributed by atoms with van der Waals surface area (Å²) in [6.07, 6.45) is 6.38. The molecular formula is C21H25N7. The molecule has 2 aliphatic heterocycles. The summed E-state index contributed by atoms with van der Waals surface area (Å²) < 4.78 is 0. The summed E-state index contributed by atoms with van der Waals surface area (Å²) in [5, 5.41) is 7.65. The molecule has 2 aliphatic rings. The van der Waals surface area contributed by atoms with E-state index in [1.165, 1.54) is 11.4 Å². The molecule has 3 heterocycles. The molecule has 1 saturated heterocycles. The molecule has 0 spiro atoms. The zero-order valence-corrected chi connectivity index (χ0v) is 16.1. The number of benzene rings is 1. The fraction of sp³-hybridized carbons (Fsp3) is 0.333. The topological polar surface area (TPSA) is 94.5 Å². The van der Waals surface area contributed by atoms with Gasteiger partial charge in [0.1, 0.15) is 0 Å². The van der Waals surface area contributed by atoms with E-state index in [0.717, 1.165) is 49.6 Å². The van der Waals surface area contributed by atoms with Gasteiger partial charge in [0, 0.05) is 78.9 Å². The van der Waals surface area contributed by atoms with Crippen LogP contribution in [0.1, 0.15) is 13.3 Å². The zero-order valence-electron chi connectivity index (χ0n) is 16.1. The standard InChI is InChI=1S/C21H25N7/c1-15(22)10-17-11-18(14-24-17)27-6-8-28(9-7-27)20-5-3-2-4-19(20)16-12-25-21(23)26-13-16/h2-5,11-13,22H,6-10,14H2,1H3,(H2,23,25,26). The Bertz CT molecular complexity index is 922. The predicted molar refractivity (Wildman–Crippen MR) is 114 cm³/mol. The van der Waals surface area contributed by atoms with E-state index in [9.17, 15) is 0 Å². The van der Waals surface area contributed by atoms with Crippen molar-refractivity contribution in [2.24, 2.45) is 4.99 Å². The van der Waals surface area contributed by atoms with Gasteiger partial charge >= 0.3 is 0 Å². The lowest BCUT2D eigenvalue weighted by Gasteiger charge is -2.38. The highest BCUT2D eigenvalue weighted by atomic mass is 15.3. The van der Waals surface area contributed by atoms with Crippen LogP contribution in [-0.4, -0.2) is 59.0 Å². The Labute approximate surface area is 165 Å². The molecule has 0 saturated carbocycles. The van der Waals surface area contributed by atoms with Crippen molar-refractivity contribution in [1.82, 2.24) is 14.9 Å². The second-order valence-electron chi connectivity index (χ2n) is 7.22. The largest absolute Gasteiger partial charge is 0.370 e. The van der Waals surface area contributed by atoms with Crippen molar-refractivity contribution in [2.45, 2.75) is 13.3 Å². The number of piperazine rings is 1. The highest BCUT2D eigenvalue weighted by Gasteiger charge is 2.23. The number of nitrogens with zero attached hydrogens (tertiary/aromatic N) is 5. The average Bonchev–Trinajstić information content (AvgIpc) is 3.16. The van der Waals surface area contributed by atoms with E-state index in [1.807, 2.05) is 13.0 Å². The Kier molecular flexibility index (Phi) is 5.06. The summed E-state index contributed by atoms with van der Waals surface area (Å²) in [7, 11) is 0. The number of hydrogen-bond donors (Lipinski definition) is 2. The van der Waals surface area contributed by atoms with Crippen LogP contribution in [0, 0.1) is 5.41 Å². The minimum Gasteiger partial charge on any atom is -0.370 e. The van der Waals surface area contributed by atoms with Crippen molar-refractivity contribution < 1.29 is 0 Å². The maximum Gasteiger partial charge on any atom is 0.219 e. The minimum atomic E-state index is 0.291. The lowest BCUT2D eigenvalue weighted by Crippen LogP contribution is -2.46. The molecule has 0 bridgehead atoms. The van der Waals surface area contributed by atoms with E-state index < -0.39 is 0 Å². The lowest BCUT2D eigenvalue weighted by molar-refractivity contribution is 0.320. The van der Waals surface area contributed by atoms with Crippen molar-refractivity contribution in [3.8, 4) is 11.1 Å². The normalized spacial score (nSPS) is 16.8. The van der Waals surface area contributed by atoms with Crippen LogP contribution in [0.2, 0.25) is 0 Å². The molecule has 1 aromatic heterocycles. The SMILES string of the molecule is CC(=N)CC1=NCC(N2CCN(c3ccccc3-c3cnc(N)nc3)CC2)=C1. The highest BCUT2D eigenvalue weighted by molar-refractivity contribution is 6.09. The molecular weight excluding hydrogens is 350 g/mol. The van der Waals surface area contributed by atoms with Crippen LogP contribution in [0.4, 0.5) is 11.6 Å². The van der Waals surface area contributed by atoms with Crippen LogP contribution in [0.3, 0.4) is 0 Å². The number of aromatic nitrogens is 2. The van der Waals surface area contributed by atoms with E-state index in [0.29, 0.717) is 18.1 Å². The number of para-hydroxylation sites is 1. The van der Waals surface area contributed by atoms with Crippen LogP contribution in [0.5, 0.6) is 0 Å². The number of allylic oxidation sites excluding steroid dienone is 1. The predicted octanol–water partition coefficient (Wildman–Crippen LogP) is 2.62. The fourth-order valence-electron chi connectivity index (χ4n) is 3.74. The maximum absolute atomic E-state index is 7.65. The van der Waals surface area contributed by atoms with Crippen LogP contribution in [-0.2, 0) is 0 Å². The van der Waals surface area contributed by atoms with Gasteiger partial charge in [-0.1, -0.05) is 18.2 Å². The van der Waals surface area contributed by atoms with Gasteiger partial charge < -0.3 is 20.9 Å². The van der Waals surface area contributed by atoms with E-state index >= 15 is 0 Å². The van der Waals surface area contributed by atoms with Gasteiger partial charge in [0.15, 0.2) is 0 Å². The van der Waals surface area contributed by atoms with Gasteiger partial charge in [0.25, 0.3) is 0 Å². The van der Waals surface area contributed by atoms with Crippen LogP contribution >= 0.6 is 0 Å². The van der Waals surface area contributed by atoms with Crippen molar-refractivity contribution >= 4 is 23.1 Å². The van der Waals surface area contributed by atoms with Crippen molar-refractivity contribution in [1.29, 1.82) is 5.41 Å². The number of hydrogen-bond acceptors (Lipinski definition) is 7. The molecule has 2 aromatic rings. The van der Waals surface area contributed by atoms with Crippen molar-refractivity contribution in [2.75, 3.05) is 43.4 Å². The van der Waals surface area contributed by atoms with Gasteiger partial charge in [-0.25, -0.2) is 9.97 Å². The smallest absolute Gasteiger partial charge is 0.219 e. The summed E-state index contributed by atoms with van der Waals surface area (Å²) in [5.74, 6) is 0.291. The first-order valence-corrected chi connectivity index (χ1v) is 9.55. The molecule has 4 rings (SSSR count). The highest BCUT2D eigenvalue weighted by Crippen LogP contribution is 2.31. The van der Waals surface area contributed by atoms with Crippen molar-refractivity contribution in [3.63, 3.8) is 0 Å². The third kappa shape index (κ3) is 3.88. The maximum atomic E-state index is 7.65. The summed E-state index contributed by atoms with van der Waals surface area (Å²) in [6, 6.07) is 8.38. The molecule has 1 fully saturated rings. The van der Waals surface area contributed by atoms with Gasteiger partial charge in [0.2, 0.25) is 5.95 Å². The van der Waals surface area contributed by atoms with Gasteiger partial charge in [0.05, 0.1) is 6.54 Å². The molecule has 7 nitrogen and oxygen atoms in total. The second-order valence-corrected chi connectivity index (χ2v) is 7.22. The molecule has 0 amide bonds. The minimum absolute atomic E-state index is 0.291. The van der Waals surface area contributed by atoms with Crippen molar-refractivity contribution in [3.05, 3.63) is 48.4 Å². The fourth-order valence-corrected chi connectivity index (χ4v) is 3.74. The molecule has 0 atom stereocenters. The Morgan fingerprint density at radius 3 is 2.46 bits per heavy atom. The first-order chi connectivity index (χ1) is 13.6. The Morgan fingerprint density at radius 2 is 1.75 bits per heavy atom. The third-order valence-corrected chi connectivity index (χ3v) is 5.14. The van der Waals surface area contributed by atoms with Gasteiger partial charge in [-0.3, -0.25) is 4.99 Å². The number of rotatable bonds is 5. The Hall–Kier alpha value is -3.22. The second kappa shape index (κ2) is 7.80. The Balaban J connectivity index is 1.45. The molecule has 28 heavy (non-hydrogen) atoms. The molecule has 0 aliphatic carbocycles. The summed E-state index contributed by atoms with van der Waals surface area (Å²) in [4.78, 5) is 17.7. The number of nitrogen functional groups attached to an aromatic ring is 1. The molecule has 3 N–H and O–H groups in total. The lowest BCUT2D eigenvalue weighted by atomic mass is 10.1. The van der Waals surface area contributed by atoms with E-state index in [-0.39, 0.29) is 0 Å². The van der Waals surface area contributed by atoms with Crippen LogP contribution in [0.15, 0.2) is 53.4 Å².